The van der Waals surface area contributed by atoms with E-state index in [1.54, 1.807) is 0 Å². The van der Waals surface area contributed by atoms with Crippen molar-refractivity contribution >= 4 is 48.9 Å². The first-order chi connectivity index (χ1) is 9.79. The Bertz CT molecular complexity index is 796. The van der Waals surface area contributed by atoms with Gasteiger partial charge < -0.3 is 0 Å². The maximum Gasteiger partial charge on any atom is 0.283 e. The van der Waals surface area contributed by atoms with E-state index in [0.717, 1.165) is 6.20 Å². The lowest BCUT2D eigenvalue weighted by Gasteiger charge is -2.08. The molecule has 110 valence electrons. The van der Waals surface area contributed by atoms with E-state index in [-0.39, 0.29) is 25.9 Å². The molecule has 0 aliphatic carbocycles. The van der Waals surface area contributed by atoms with Gasteiger partial charge in [0.05, 0.1) is 15.1 Å². The van der Waals surface area contributed by atoms with E-state index in [1.807, 2.05) is 0 Å². The number of aromatic nitrogens is 1. The standard InChI is InChI=1S/C11H7BrClN3O4S/c12-9-5-7(1-3-10(9)16(17)18)15-21(19,20)8-2-4-11(13)14-6-8/h1-6,15H. The van der Waals surface area contributed by atoms with Crippen LogP contribution < -0.4 is 4.72 Å². The van der Waals surface area contributed by atoms with Gasteiger partial charge in [0, 0.05) is 12.3 Å². The predicted octanol–water partition coefficient (Wildman–Crippen LogP) is 3.21. The molecule has 0 fully saturated rings. The molecular weight excluding hydrogens is 386 g/mol. The second kappa shape index (κ2) is 5.96. The zero-order valence-electron chi connectivity index (χ0n) is 10.2. The molecule has 21 heavy (non-hydrogen) atoms. The number of hydrogen-bond donors (Lipinski definition) is 1. The molecule has 0 bridgehead atoms. The highest BCUT2D eigenvalue weighted by molar-refractivity contribution is 9.10. The highest BCUT2D eigenvalue weighted by atomic mass is 79.9. The average Bonchev–Trinajstić information content (AvgIpc) is 2.38. The molecular formula is C11H7BrClN3O4S. The number of nitrogens with zero attached hydrogens (tertiary/aromatic N) is 2. The van der Waals surface area contributed by atoms with Crippen molar-refractivity contribution in [1.82, 2.24) is 4.98 Å². The zero-order valence-corrected chi connectivity index (χ0v) is 13.3. The normalized spacial score (nSPS) is 11.1. The summed E-state index contributed by atoms with van der Waals surface area (Å²) in [5.41, 5.74) is 0.0218. The molecule has 1 N–H and O–H groups in total. The number of halogens is 2. The highest BCUT2D eigenvalue weighted by Gasteiger charge is 2.17. The summed E-state index contributed by atoms with van der Waals surface area (Å²) < 4.78 is 26.7. The molecule has 10 heteroatoms. The van der Waals surface area contributed by atoms with Crippen molar-refractivity contribution in [3.05, 3.63) is 56.3 Å². The van der Waals surface area contributed by atoms with E-state index in [9.17, 15) is 18.5 Å². The molecule has 2 rings (SSSR count). The van der Waals surface area contributed by atoms with Crippen molar-refractivity contribution in [2.24, 2.45) is 0 Å². The maximum atomic E-state index is 12.1. The Morgan fingerprint density at radius 3 is 2.52 bits per heavy atom. The number of hydrogen-bond acceptors (Lipinski definition) is 5. The van der Waals surface area contributed by atoms with Crippen LogP contribution in [0.1, 0.15) is 0 Å². The van der Waals surface area contributed by atoms with Gasteiger partial charge in [-0.2, -0.15) is 0 Å². The third-order valence-corrected chi connectivity index (χ3v) is 4.63. The van der Waals surface area contributed by atoms with Crippen LogP contribution in [0.4, 0.5) is 11.4 Å². The molecule has 0 saturated heterocycles. The van der Waals surface area contributed by atoms with Crippen LogP contribution in [0, 0.1) is 10.1 Å². The Morgan fingerprint density at radius 2 is 2.00 bits per heavy atom. The van der Waals surface area contributed by atoms with E-state index in [0.29, 0.717) is 0 Å². The Kier molecular flexibility index (Phi) is 4.45. The summed E-state index contributed by atoms with van der Waals surface area (Å²) in [5.74, 6) is 0. The van der Waals surface area contributed by atoms with Gasteiger partial charge in [-0.25, -0.2) is 13.4 Å². The van der Waals surface area contributed by atoms with Gasteiger partial charge in [-0.05, 0) is 40.2 Å². The predicted molar refractivity (Wildman–Crippen MR) is 80.9 cm³/mol. The van der Waals surface area contributed by atoms with Crippen LogP contribution in [0.3, 0.4) is 0 Å². The fraction of sp³-hybridized carbons (Fsp3) is 0. The fourth-order valence-electron chi connectivity index (χ4n) is 1.45. The van der Waals surface area contributed by atoms with Crippen molar-refractivity contribution in [3.8, 4) is 0 Å². The van der Waals surface area contributed by atoms with Gasteiger partial charge in [0.2, 0.25) is 0 Å². The lowest BCUT2D eigenvalue weighted by molar-refractivity contribution is -0.385. The molecule has 2 aromatic rings. The quantitative estimate of drug-likeness (QED) is 0.489. The van der Waals surface area contributed by atoms with Crippen LogP contribution in [-0.4, -0.2) is 18.3 Å². The molecule has 1 aromatic carbocycles. The van der Waals surface area contributed by atoms with Gasteiger partial charge in [0.15, 0.2) is 0 Å². The lowest BCUT2D eigenvalue weighted by atomic mass is 10.3. The molecule has 0 saturated carbocycles. The summed E-state index contributed by atoms with van der Waals surface area (Å²) in [5, 5.41) is 10.9. The number of anilines is 1. The third-order valence-electron chi connectivity index (χ3n) is 2.41. The minimum absolute atomic E-state index is 0.0682. The molecule has 0 unspecified atom stereocenters. The molecule has 0 amide bonds. The first-order valence-corrected chi connectivity index (χ1v) is 8.03. The Hall–Kier alpha value is -1.71. The van der Waals surface area contributed by atoms with Crippen LogP contribution in [0.25, 0.3) is 0 Å². The smallest absolute Gasteiger partial charge is 0.280 e. The first-order valence-electron chi connectivity index (χ1n) is 5.38. The third kappa shape index (κ3) is 3.69. The first kappa shape index (κ1) is 15.7. The van der Waals surface area contributed by atoms with Gasteiger partial charge in [-0.3, -0.25) is 14.8 Å². The topological polar surface area (TPSA) is 102 Å². The average molecular weight is 393 g/mol. The second-order valence-corrected chi connectivity index (χ2v) is 6.77. The molecule has 0 radical (unpaired) electrons. The minimum atomic E-state index is -3.84. The number of benzene rings is 1. The van der Waals surface area contributed by atoms with Crippen molar-refractivity contribution in [2.75, 3.05) is 4.72 Å². The number of nitrogens with one attached hydrogen (secondary N) is 1. The molecule has 0 aliphatic rings. The summed E-state index contributed by atoms with van der Waals surface area (Å²) >= 11 is 8.61. The van der Waals surface area contributed by atoms with Crippen LogP contribution in [0.5, 0.6) is 0 Å². The fourth-order valence-corrected chi connectivity index (χ4v) is 3.08. The number of nitro groups is 1. The van der Waals surface area contributed by atoms with Gasteiger partial charge >= 0.3 is 0 Å². The van der Waals surface area contributed by atoms with Gasteiger partial charge in [0.25, 0.3) is 15.7 Å². The van der Waals surface area contributed by atoms with Gasteiger partial charge in [0.1, 0.15) is 10.0 Å². The largest absolute Gasteiger partial charge is 0.283 e. The number of pyridine rings is 1. The Labute approximate surface area is 133 Å². The van der Waals surface area contributed by atoms with Gasteiger partial charge in [-0.15, -0.1) is 0 Å². The Balaban J connectivity index is 2.31. The molecule has 7 nitrogen and oxygen atoms in total. The highest BCUT2D eigenvalue weighted by Crippen LogP contribution is 2.28. The molecule has 0 spiro atoms. The van der Waals surface area contributed by atoms with Crippen molar-refractivity contribution in [3.63, 3.8) is 0 Å². The SMILES string of the molecule is O=[N+]([O-])c1ccc(NS(=O)(=O)c2ccc(Cl)nc2)cc1Br. The van der Waals surface area contributed by atoms with Crippen LogP contribution >= 0.6 is 27.5 Å². The summed E-state index contributed by atoms with van der Waals surface area (Å²) in [7, 11) is -3.84. The molecule has 1 heterocycles. The van der Waals surface area contributed by atoms with E-state index in [2.05, 4.69) is 25.6 Å². The van der Waals surface area contributed by atoms with Gasteiger partial charge in [-0.1, -0.05) is 11.6 Å². The Morgan fingerprint density at radius 1 is 1.29 bits per heavy atom. The van der Waals surface area contributed by atoms with Crippen LogP contribution in [0.15, 0.2) is 45.9 Å². The number of sulfonamides is 1. The zero-order chi connectivity index (χ0) is 15.6. The van der Waals surface area contributed by atoms with Crippen LogP contribution in [0.2, 0.25) is 5.15 Å². The van der Waals surface area contributed by atoms with E-state index >= 15 is 0 Å². The minimum Gasteiger partial charge on any atom is -0.280 e. The second-order valence-electron chi connectivity index (χ2n) is 3.85. The number of rotatable bonds is 4. The van der Waals surface area contributed by atoms with E-state index in [1.165, 1.54) is 30.3 Å². The van der Waals surface area contributed by atoms with E-state index in [4.69, 9.17) is 11.6 Å². The number of nitro benzene ring substituents is 1. The monoisotopic (exact) mass is 391 g/mol. The van der Waals surface area contributed by atoms with Crippen molar-refractivity contribution < 1.29 is 13.3 Å². The van der Waals surface area contributed by atoms with Crippen LogP contribution in [-0.2, 0) is 10.0 Å². The summed E-state index contributed by atoms with van der Waals surface area (Å²) in [6.07, 6.45) is 1.12. The maximum absolute atomic E-state index is 12.1. The molecule has 0 atom stereocenters. The summed E-state index contributed by atoms with van der Waals surface area (Å²) in [6, 6.07) is 6.45. The molecule has 1 aromatic heterocycles. The van der Waals surface area contributed by atoms with Crippen molar-refractivity contribution in [2.45, 2.75) is 4.90 Å². The van der Waals surface area contributed by atoms with Crippen molar-refractivity contribution in [1.29, 1.82) is 0 Å². The molecule has 0 aliphatic heterocycles. The lowest BCUT2D eigenvalue weighted by Crippen LogP contribution is -2.13. The summed E-state index contributed by atoms with van der Waals surface area (Å²) in [4.78, 5) is 13.7. The van der Waals surface area contributed by atoms with E-state index < -0.39 is 14.9 Å². The summed E-state index contributed by atoms with van der Waals surface area (Å²) in [6.45, 7) is 0.